The predicted molar refractivity (Wildman–Crippen MR) is 92.4 cm³/mol. The summed E-state index contributed by atoms with van der Waals surface area (Å²) < 4.78 is 0. The molecular weight excluding hydrogens is 327 g/mol. The molecule has 0 atom stereocenters. The van der Waals surface area contributed by atoms with Crippen molar-refractivity contribution in [3.8, 4) is 0 Å². The maximum Gasteiger partial charge on any atom is 0.175 e. The van der Waals surface area contributed by atoms with E-state index in [1.165, 1.54) is 0 Å². The summed E-state index contributed by atoms with van der Waals surface area (Å²) in [6.07, 6.45) is 1.76. The van der Waals surface area contributed by atoms with Gasteiger partial charge in [0.05, 0.1) is 11.7 Å². The summed E-state index contributed by atoms with van der Waals surface area (Å²) in [6.45, 7) is 0. The van der Waals surface area contributed by atoms with Gasteiger partial charge in [0, 0.05) is 26.8 Å². The summed E-state index contributed by atoms with van der Waals surface area (Å²) in [6, 6.07) is 11.0. The molecule has 7 heteroatoms. The minimum Gasteiger partial charge on any atom is -0.332 e. The van der Waals surface area contributed by atoms with Crippen LogP contribution in [0.5, 0.6) is 0 Å². The number of anilines is 2. The van der Waals surface area contributed by atoms with Crippen LogP contribution in [0.4, 0.5) is 11.4 Å². The zero-order chi connectivity index (χ0) is 14.8. The molecular formula is C14H10Cl2N4S. The van der Waals surface area contributed by atoms with E-state index >= 15 is 0 Å². The number of benzene rings is 2. The number of thiocarbonyl (C=S) groups is 1. The minimum atomic E-state index is 0.455. The first kappa shape index (κ1) is 14.1. The lowest BCUT2D eigenvalue weighted by Crippen LogP contribution is -2.18. The van der Waals surface area contributed by atoms with Crippen molar-refractivity contribution < 1.29 is 0 Å². The zero-order valence-electron chi connectivity index (χ0n) is 10.7. The number of nitrogens with zero attached hydrogens (tertiary/aromatic N) is 1. The van der Waals surface area contributed by atoms with E-state index in [0.717, 1.165) is 22.3 Å². The summed E-state index contributed by atoms with van der Waals surface area (Å²) >= 11 is 17.2. The number of halogens is 2. The molecule has 0 radical (unpaired) electrons. The molecule has 0 unspecified atom stereocenters. The number of fused-ring (bicyclic) bond motifs is 1. The average Bonchev–Trinajstić information content (AvgIpc) is 2.84. The van der Waals surface area contributed by atoms with Crippen molar-refractivity contribution >= 4 is 62.8 Å². The van der Waals surface area contributed by atoms with Gasteiger partial charge in [-0.15, -0.1) is 0 Å². The lowest BCUT2D eigenvalue weighted by atomic mass is 10.2. The first-order valence-corrected chi connectivity index (χ1v) is 7.24. The van der Waals surface area contributed by atoms with Crippen LogP contribution in [0.25, 0.3) is 10.9 Å². The van der Waals surface area contributed by atoms with Crippen LogP contribution in [-0.2, 0) is 0 Å². The Balaban J connectivity index is 1.73. The van der Waals surface area contributed by atoms with Crippen molar-refractivity contribution in [3.63, 3.8) is 0 Å². The summed E-state index contributed by atoms with van der Waals surface area (Å²) in [5.74, 6) is 0. The number of aromatic amines is 1. The molecule has 106 valence electrons. The summed E-state index contributed by atoms with van der Waals surface area (Å²) in [5.41, 5.74) is 2.57. The van der Waals surface area contributed by atoms with Crippen LogP contribution in [0, 0.1) is 0 Å². The first-order valence-electron chi connectivity index (χ1n) is 6.07. The highest BCUT2D eigenvalue weighted by atomic mass is 35.5. The average molecular weight is 337 g/mol. The van der Waals surface area contributed by atoms with Gasteiger partial charge in [0.1, 0.15) is 0 Å². The Morgan fingerprint density at radius 2 is 1.71 bits per heavy atom. The van der Waals surface area contributed by atoms with E-state index in [1.54, 1.807) is 24.4 Å². The third kappa shape index (κ3) is 3.44. The van der Waals surface area contributed by atoms with Gasteiger partial charge in [0.25, 0.3) is 0 Å². The number of H-pyrrole nitrogens is 1. The van der Waals surface area contributed by atoms with Crippen LogP contribution in [-0.4, -0.2) is 15.3 Å². The number of hydrogen-bond donors (Lipinski definition) is 3. The molecule has 0 aliphatic carbocycles. The molecule has 3 aromatic rings. The van der Waals surface area contributed by atoms with Gasteiger partial charge in [-0.05, 0) is 48.6 Å². The maximum absolute atomic E-state index is 5.95. The van der Waals surface area contributed by atoms with E-state index in [-0.39, 0.29) is 0 Å². The Morgan fingerprint density at radius 1 is 1.00 bits per heavy atom. The van der Waals surface area contributed by atoms with Gasteiger partial charge >= 0.3 is 0 Å². The molecule has 1 aromatic heterocycles. The maximum atomic E-state index is 5.95. The highest BCUT2D eigenvalue weighted by Crippen LogP contribution is 2.23. The molecule has 0 aliphatic rings. The Bertz CT molecular complexity index is 795. The fourth-order valence-corrected chi connectivity index (χ4v) is 2.70. The standard InChI is InChI=1S/C14H10Cl2N4S/c15-9-4-10(16)6-12(5-9)19-14(21)18-11-1-2-13-8(3-11)7-17-20-13/h1-7H,(H,17,20)(H2,18,19,21). The molecule has 0 amide bonds. The van der Waals surface area contributed by atoms with Gasteiger partial charge in [-0.3, -0.25) is 5.10 Å². The molecule has 0 saturated heterocycles. The van der Waals surface area contributed by atoms with E-state index in [9.17, 15) is 0 Å². The molecule has 4 nitrogen and oxygen atoms in total. The zero-order valence-corrected chi connectivity index (χ0v) is 13.0. The predicted octanol–water partition coefficient (Wildman–Crippen LogP) is 4.68. The van der Waals surface area contributed by atoms with Crippen LogP contribution in [0.2, 0.25) is 10.0 Å². The Labute approximate surface area is 136 Å². The molecule has 0 saturated carbocycles. The number of aromatic nitrogens is 2. The van der Waals surface area contributed by atoms with Crippen molar-refractivity contribution in [2.75, 3.05) is 10.6 Å². The van der Waals surface area contributed by atoms with Gasteiger partial charge in [0.2, 0.25) is 0 Å². The summed E-state index contributed by atoms with van der Waals surface area (Å²) in [5, 5.41) is 15.6. The van der Waals surface area contributed by atoms with Gasteiger partial charge in [-0.2, -0.15) is 5.10 Å². The Kier molecular flexibility index (Phi) is 3.96. The molecule has 0 bridgehead atoms. The van der Waals surface area contributed by atoms with Gasteiger partial charge < -0.3 is 10.6 Å². The van der Waals surface area contributed by atoms with E-state index in [1.807, 2.05) is 18.2 Å². The first-order chi connectivity index (χ1) is 10.1. The fraction of sp³-hybridized carbons (Fsp3) is 0. The number of hydrogen-bond acceptors (Lipinski definition) is 2. The van der Waals surface area contributed by atoms with Gasteiger partial charge in [0.15, 0.2) is 5.11 Å². The van der Waals surface area contributed by atoms with Crippen molar-refractivity contribution in [1.82, 2.24) is 10.2 Å². The molecule has 1 heterocycles. The third-order valence-electron chi connectivity index (χ3n) is 2.82. The molecule has 3 N–H and O–H groups in total. The highest BCUT2D eigenvalue weighted by molar-refractivity contribution is 7.80. The normalized spacial score (nSPS) is 10.6. The summed E-state index contributed by atoms with van der Waals surface area (Å²) in [7, 11) is 0. The largest absolute Gasteiger partial charge is 0.332 e. The van der Waals surface area contributed by atoms with Crippen molar-refractivity contribution in [1.29, 1.82) is 0 Å². The minimum absolute atomic E-state index is 0.455. The quantitative estimate of drug-likeness (QED) is 0.595. The van der Waals surface area contributed by atoms with Crippen molar-refractivity contribution in [2.45, 2.75) is 0 Å². The SMILES string of the molecule is S=C(Nc1cc(Cl)cc(Cl)c1)Nc1ccc2[nH]ncc2c1. The third-order valence-corrected chi connectivity index (χ3v) is 3.46. The van der Waals surface area contributed by atoms with Gasteiger partial charge in [-0.1, -0.05) is 23.2 Å². The van der Waals surface area contributed by atoms with E-state index in [2.05, 4.69) is 20.8 Å². The lowest BCUT2D eigenvalue weighted by molar-refractivity contribution is 1.12. The molecule has 3 rings (SSSR count). The number of nitrogens with one attached hydrogen (secondary N) is 3. The lowest BCUT2D eigenvalue weighted by Gasteiger charge is -2.11. The second kappa shape index (κ2) is 5.89. The van der Waals surface area contributed by atoms with Gasteiger partial charge in [-0.25, -0.2) is 0 Å². The van der Waals surface area contributed by atoms with Crippen LogP contribution in [0.15, 0.2) is 42.6 Å². The summed E-state index contributed by atoms with van der Waals surface area (Å²) in [4.78, 5) is 0. The molecule has 0 fully saturated rings. The Hall–Kier alpha value is -1.82. The smallest absolute Gasteiger partial charge is 0.175 e. The van der Waals surface area contributed by atoms with Crippen LogP contribution >= 0.6 is 35.4 Å². The van der Waals surface area contributed by atoms with Crippen molar-refractivity contribution in [2.24, 2.45) is 0 Å². The molecule has 0 spiro atoms. The second-order valence-corrected chi connectivity index (χ2v) is 5.69. The van der Waals surface area contributed by atoms with E-state index in [0.29, 0.717) is 15.2 Å². The van der Waals surface area contributed by atoms with Crippen LogP contribution < -0.4 is 10.6 Å². The monoisotopic (exact) mass is 336 g/mol. The topological polar surface area (TPSA) is 52.7 Å². The molecule has 2 aromatic carbocycles. The van der Waals surface area contributed by atoms with Crippen LogP contribution in [0.1, 0.15) is 0 Å². The Morgan fingerprint density at radius 3 is 2.48 bits per heavy atom. The fourth-order valence-electron chi connectivity index (χ4n) is 1.94. The van der Waals surface area contributed by atoms with E-state index in [4.69, 9.17) is 35.4 Å². The number of rotatable bonds is 2. The molecule has 21 heavy (non-hydrogen) atoms. The highest BCUT2D eigenvalue weighted by Gasteiger charge is 2.03. The van der Waals surface area contributed by atoms with Crippen molar-refractivity contribution in [3.05, 3.63) is 52.6 Å². The van der Waals surface area contributed by atoms with E-state index < -0.39 is 0 Å². The van der Waals surface area contributed by atoms with Crippen LogP contribution in [0.3, 0.4) is 0 Å². The second-order valence-electron chi connectivity index (χ2n) is 4.41. The molecule has 0 aliphatic heterocycles.